The fourth-order valence-corrected chi connectivity index (χ4v) is 6.94. The number of nitriles is 1. The zero-order chi connectivity index (χ0) is 34.0. The first-order chi connectivity index (χ1) is 21.5. The Morgan fingerprint density at radius 2 is 1.70 bits per heavy atom. The lowest BCUT2D eigenvalue weighted by atomic mass is 9.85. The molecule has 2 atom stereocenters. The zero-order valence-electron chi connectivity index (χ0n) is 23.0. The Morgan fingerprint density at radius 3 is 2.26 bits per heavy atom. The number of benzene rings is 4. The summed E-state index contributed by atoms with van der Waals surface area (Å²) in [6.07, 6.45) is -5.37. The highest BCUT2D eigenvalue weighted by Gasteiger charge is 2.50. The van der Waals surface area contributed by atoms with Crippen molar-refractivity contribution in [2.24, 2.45) is 0 Å². The number of para-hydroxylation sites is 1. The third-order valence-corrected chi connectivity index (χ3v) is 9.42. The summed E-state index contributed by atoms with van der Waals surface area (Å²) in [7, 11) is -5.20. The molecular weight excluding hydrogens is 658 g/mol. The summed E-state index contributed by atoms with van der Waals surface area (Å²) in [5.74, 6) is -2.81. The number of phenolic OH excluding ortho intramolecular Hbond substituents is 1. The minimum atomic E-state index is -5.37. The second-order valence-electron chi connectivity index (χ2n) is 9.84. The van der Waals surface area contributed by atoms with Crippen molar-refractivity contribution in [3.63, 3.8) is 0 Å². The van der Waals surface area contributed by atoms with Crippen LogP contribution < -0.4 is 5.32 Å². The lowest BCUT2D eigenvalue weighted by Crippen LogP contribution is -2.47. The number of alkyl halides is 3. The minimum absolute atomic E-state index is 0.104. The molecule has 238 valence electrons. The molecule has 0 spiro atoms. The lowest BCUT2D eigenvalue weighted by molar-refractivity contribution is -0.388. The van der Waals surface area contributed by atoms with Crippen LogP contribution in [-0.2, 0) is 21.6 Å². The van der Waals surface area contributed by atoms with E-state index in [0.29, 0.717) is 18.2 Å². The van der Waals surface area contributed by atoms with Gasteiger partial charge in [-0.15, -0.1) is 0 Å². The molecule has 0 aliphatic carbocycles. The predicted octanol–water partition coefficient (Wildman–Crippen LogP) is 5.82. The predicted molar refractivity (Wildman–Crippen MR) is 155 cm³/mol. The van der Waals surface area contributed by atoms with Crippen molar-refractivity contribution in [1.82, 2.24) is 5.32 Å². The Bertz CT molecular complexity index is 1980. The maximum Gasteiger partial charge on any atom is 0.423 e. The van der Waals surface area contributed by atoms with Crippen molar-refractivity contribution in [3.8, 4) is 11.8 Å². The van der Waals surface area contributed by atoms with Crippen LogP contribution >= 0.6 is 11.6 Å². The summed E-state index contributed by atoms with van der Waals surface area (Å²) in [5.41, 5.74) is -8.15. The van der Waals surface area contributed by atoms with Crippen LogP contribution in [0.3, 0.4) is 0 Å². The number of nitro benzene ring substituents is 1. The van der Waals surface area contributed by atoms with Gasteiger partial charge in [0.1, 0.15) is 34.1 Å². The number of halogens is 5. The molecule has 46 heavy (non-hydrogen) atoms. The van der Waals surface area contributed by atoms with E-state index < -0.39 is 83.1 Å². The quantitative estimate of drug-likeness (QED) is 0.113. The molecule has 16 heteroatoms. The largest absolute Gasteiger partial charge is 0.507 e. The van der Waals surface area contributed by atoms with Crippen LogP contribution in [-0.4, -0.2) is 36.0 Å². The number of aliphatic hydroxyl groups is 1. The van der Waals surface area contributed by atoms with Gasteiger partial charge in [0.25, 0.3) is 11.6 Å². The molecule has 10 nitrogen and oxygen atoms in total. The number of sulfone groups is 1. The highest BCUT2D eigenvalue weighted by Crippen LogP contribution is 2.47. The van der Waals surface area contributed by atoms with Crippen molar-refractivity contribution < 1.29 is 45.9 Å². The van der Waals surface area contributed by atoms with Crippen LogP contribution in [0.4, 0.5) is 23.2 Å². The molecule has 4 aromatic rings. The van der Waals surface area contributed by atoms with Crippen molar-refractivity contribution in [2.75, 3.05) is 6.54 Å². The van der Waals surface area contributed by atoms with E-state index in [2.05, 4.69) is 5.32 Å². The smallest absolute Gasteiger partial charge is 0.423 e. The number of aromatic hydroxyl groups is 1. The van der Waals surface area contributed by atoms with Gasteiger partial charge >= 0.3 is 6.18 Å². The molecule has 0 radical (unpaired) electrons. The standard InChI is InChI=1S/C30H20ClF4N3O7S/c31-20-9-7-19(8-10-20)29(41,16-37-28(40)22-3-1-2-4-26(22)39)27(46(44,45)21-11-5-18(15-36)24(32)14-21)17-6-12-25(38(42)43)23(13-17)30(33,34)35/h1-14,27,39,41H,16H2,(H,37,40). The molecule has 3 N–H and O–H groups in total. The summed E-state index contributed by atoms with van der Waals surface area (Å²) in [4.78, 5) is 22.3. The van der Waals surface area contributed by atoms with Crippen molar-refractivity contribution in [1.29, 1.82) is 5.26 Å². The van der Waals surface area contributed by atoms with Crippen LogP contribution in [0.25, 0.3) is 0 Å². The number of carbonyl (C=O) groups is 1. The lowest BCUT2D eigenvalue weighted by Gasteiger charge is -2.37. The maximum atomic E-state index is 14.7. The van der Waals surface area contributed by atoms with Gasteiger partial charge in [0.05, 0.1) is 27.5 Å². The van der Waals surface area contributed by atoms with Crippen molar-refractivity contribution in [3.05, 3.63) is 134 Å². The molecule has 0 bridgehead atoms. The van der Waals surface area contributed by atoms with Gasteiger partial charge in [0.2, 0.25) is 0 Å². The Morgan fingerprint density at radius 1 is 1.04 bits per heavy atom. The van der Waals surface area contributed by atoms with Crippen LogP contribution in [0.2, 0.25) is 5.02 Å². The van der Waals surface area contributed by atoms with E-state index in [-0.39, 0.29) is 22.2 Å². The van der Waals surface area contributed by atoms with Gasteiger partial charge in [-0.3, -0.25) is 14.9 Å². The monoisotopic (exact) mass is 677 g/mol. The molecule has 0 aliphatic heterocycles. The molecular formula is C30H20ClF4N3O7S. The second-order valence-corrected chi connectivity index (χ2v) is 12.3. The summed E-state index contributed by atoms with van der Waals surface area (Å²) in [5, 5.41) is 42.9. The average molecular weight is 678 g/mol. The fourth-order valence-electron chi connectivity index (χ4n) is 4.77. The van der Waals surface area contributed by atoms with E-state index in [4.69, 9.17) is 16.9 Å². The van der Waals surface area contributed by atoms with Gasteiger partial charge in [-0.2, -0.15) is 18.4 Å². The molecule has 0 saturated carbocycles. The Labute approximate surface area is 263 Å². The summed E-state index contributed by atoms with van der Waals surface area (Å²) in [6.45, 7) is -1.04. The van der Waals surface area contributed by atoms with Gasteiger partial charge in [-0.25, -0.2) is 12.8 Å². The third-order valence-electron chi connectivity index (χ3n) is 6.97. The average Bonchev–Trinajstić information content (AvgIpc) is 2.99. The third kappa shape index (κ3) is 6.64. The maximum absolute atomic E-state index is 14.7. The molecule has 0 aliphatic rings. The highest BCUT2D eigenvalue weighted by molar-refractivity contribution is 7.91. The summed E-state index contributed by atoms with van der Waals surface area (Å²) >= 11 is 5.98. The number of nitro groups is 1. The number of hydrogen-bond acceptors (Lipinski definition) is 8. The topological polar surface area (TPSA) is 171 Å². The second kappa shape index (κ2) is 12.8. The normalized spacial score (nSPS) is 13.7. The van der Waals surface area contributed by atoms with E-state index in [9.17, 15) is 51.1 Å². The number of hydrogen-bond donors (Lipinski definition) is 3. The number of carbonyl (C=O) groups excluding carboxylic acids is 1. The Hall–Kier alpha value is -5.04. The van der Waals surface area contributed by atoms with Gasteiger partial charge < -0.3 is 15.5 Å². The van der Waals surface area contributed by atoms with E-state index in [1.54, 1.807) is 0 Å². The molecule has 0 aromatic heterocycles. The highest BCUT2D eigenvalue weighted by atomic mass is 35.5. The molecule has 4 rings (SSSR count). The fraction of sp³-hybridized carbons (Fsp3) is 0.133. The molecule has 0 fully saturated rings. The number of amides is 1. The van der Waals surface area contributed by atoms with Crippen molar-refractivity contribution >= 4 is 33.0 Å². The molecule has 1 amide bonds. The van der Waals surface area contributed by atoms with E-state index in [1.165, 1.54) is 42.5 Å². The van der Waals surface area contributed by atoms with Crippen LogP contribution in [0.5, 0.6) is 5.75 Å². The van der Waals surface area contributed by atoms with Gasteiger partial charge in [-0.05, 0) is 59.7 Å². The van der Waals surface area contributed by atoms with Crippen LogP contribution in [0.15, 0.2) is 89.8 Å². The number of nitrogens with zero attached hydrogens (tertiary/aromatic N) is 2. The Balaban J connectivity index is 2.03. The summed E-state index contributed by atoms with van der Waals surface area (Å²) < 4.78 is 85.5. The molecule has 0 saturated heterocycles. The van der Waals surface area contributed by atoms with Crippen molar-refractivity contribution in [2.45, 2.75) is 21.9 Å². The van der Waals surface area contributed by atoms with Gasteiger partial charge in [0.15, 0.2) is 9.84 Å². The van der Waals surface area contributed by atoms with Gasteiger partial charge in [-0.1, -0.05) is 41.9 Å². The van der Waals surface area contributed by atoms with E-state index >= 15 is 0 Å². The van der Waals surface area contributed by atoms with Crippen LogP contribution in [0.1, 0.15) is 37.9 Å². The SMILES string of the molecule is N#Cc1ccc(S(=O)(=O)C(c2ccc([N+](=O)[O-])c(C(F)(F)F)c2)C(O)(CNC(=O)c2ccccc2O)c2ccc(Cl)cc2)cc1F. The first-order valence-electron chi connectivity index (χ1n) is 12.8. The molecule has 2 unspecified atom stereocenters. The van der Waals surface area contributed by atoms with E-state index in [0.717, 1.165) is 24.3 Å². The minimum Gasteiger partial charge on any atom is -0.507 e. The molecule has 4 aromatic carbocycles. The van der Waals surface area contributed by atoms with E-state index in [1.807, 2.05) is 0 Å². The number of phenols is 1. The number of rotatable bonds is 9. The first-order valence-corrected chi connectivity index (χ1v) is 14.8. The zero-order valence-corrected chi connectivity index (χ0v) is 24.6. The number of nitrogens with one attached hydrogen (secondary N) is 1. The Kier molecular flexibility index (Phi) is 9.38. The molecule has 0 heterocycles. The summed E-state index contributed by atoms with van der Waals surface area (Å²) in [6, 6.07) is 14.7. The van der Waals surface area contributed by atoms with Crippen LogP contribution in [0, 0.1) is 27.3 Å². The van der Waals surface area contributed by atoms with Gasteiger partial charge in [0, 0.05) is 11.1 Å². The first kappa shape index (κ1) is 33.8.